The Bertz CT molecular complexity index is 276. The Kier molecular flexibility index (Phi) is 2.70. The van der Waals surface area contributed by atoms with E-state index in [1.807, 2.05) is 0 Å². The summed E-state index contributed by atoms with van der Waals surface area (Å²) in [4.78, 5) is 3.53. The molecule has 0 aromatic carbocycles. The Balaban J connectivity index is 3.05. The Labute approximate surface area is 68.9 Å². The molecule has 1 rings (SSSR count). The first-order valence-corrected chi connectivity index (χ1v) is 3.49. The van der Waals surface area contributed by atoms with E-state index in [1.165, 1.54) is 12.3 Å². The van der Waals surface area contributed by atoms with Crippen LogP contribution in [0, 0.1) is 6.92 Å². The molecule has 0 saturated heterocycles. The van der Waals surface area contributed by atoms with Crippen LogP contribution in [-0.2, 0) is 6.61 Å². The van der Waals surface area contributed by atoms with Gasteiger partial charge in [-0.05, 0) is 24.1 Å². The summed E-state index contributed by atoms with van der Waals surface area (Å²) in [6.45, 7) is 1.49. The van der Waals surface area contributed by atoms with Crippen LogP contribution in [0.1, 0.15) is 23.2 Å². The smallest absolute Gasteiger partial charge is 0.280 e. The number of nitrogens with zero attached hydrogens (tertiary/aromatic N) is 1. The highest BCUT2D eigenvalue weighted by Gasteiger charge is 2.09. The van der Waals surface area contributed by atoms with Gasteiger partial charge in [-0.25, -0.2) is 8.78 Å². The van der Waals surface area contributed by atoms with Crippen molar-refractivity contribution in [2.75, 3.05) is 0 Å². The maximum Gasteiger partial charge on any atom is 0.280 e. The van der Waals surface area contributed by atoms with Gasteiger partial charge in [0.25, 0.3) is 6.43 Å². The lowest BCUT2D eigenvalue weighted by Crippen LogP contribution is -1.96. The number of halogens is 2. The molecule has 1 aromatic heterocycles. The molecular weight excluding hydrogens is 164 g/mol. The second-order valence-corrected chi connectivity index (χ2v) is 2.49. The lowest BCUT2D eigenvalue weighted by molar-refractivity contribution is 0.145. The molecule has 0 radical (unpaired) electrons. The summed E-state index contributed by atoms with van der Waals surface area (Å²) in [6, 6.07) is 1.22. The van der Waals surface area contributed by atoms with E-state index in [0.29, 0.717) is 5.56 Å². The minimum Gasteiger partial charge on any atom is -0.392 e. The highest BCUT2D eigenvalue weighted by atomic mass is 19.3. The molecule has 0 spiro atoms. The molecule has 0 aliphatic carbocycles. The number of aliphatic hydroxyl groups is 1. The molecule has 0 unspecified atom stereocenters. The number of aryl methyl sites for hydroxylation is 1. The number of rotatable bonds is 2. The number of aliphatic hydroxyl groups excluding tert-OH is 1. The Morgan fingerprint density at radius 1 is 1.58 bits per heavy atom. The molecule has 0 aliphatic heterocycles. The summed E-state index contributed by atoms with van der Waals surface area (Å²) < 4.78 is 24.1. The normalized spacial score (nSPS) is 10.8. The lowest BCUT2D eigenvalue weighted by atomic mass is 10.1. The molecule has 2 nitrogen and oxygen atoms in total. The summed E-state index contributed by atoms with van der Waals surface area (Å²) in [6.07, 6.45) is -1.23. The minimum absolute atomic E-state index is 0.228. The second-order valence-electron chi connectivity index (χ2n) is 2.49. The van der Waals surface area contributed by atoms with Gasteiger partial charge < -0.3 is 5.11 Å². The van der Waals surface area contributed by atoms with Gasteiger partial charge in [-0.15, -0.1) is 0 Å². The van der Waals surface area contributed by atoms with E-state index >= 15 is 0 Å². The first-order chi connectivity index (χ1) is 5.65. The third-order valence-corrected chi connectivity index (χ3v) is 1.63. The van der Waals surface area contributed by atoms with E-state index in [-0.39, 0.29) is 12.3 Å². The fourth-order valence-electron chi connectivity index (χ4n) is 0.874. The summed E-state index contributed by atoms with van der Waals surface area (Å²) in [5.74, 6) is 0. The molecule has 12 heavy (non-hydrogen) atoms. The van der Waals surface area contributed by atoms with Gasteiger partial charge in [-0.1, -0.05) is 0 Å². The van der Waals surface area contributed by atoms with Crippen molar-refractivity contribution in [2.24, 2.45) is 0 Å². The molecule has 0 bridgehead atoms. The molecule has 1 heterocycles. The lowest BCUT2D eigenvalue weighted by Gasteiger charge is -2.04. The molecule has 66 valence electrons. The Morgan fingerprint density at radius 3 is 2.75 bits per heavy atom. The zero-order valence-corrected chi connectivity index (χ0v) is 6.59. The topological polar surface area (TPSA) is 33.1 Å². The van der Waals surface area contributed by atoms with Gasteiger partial charge in [0.2, 0.25) is 0 Å². The van der Waals surface area contributed by atoms with Gasteiger partial charge in [0, 0.05) is 6.20 Å². The van der Waals surface area contributed by atoms with Crippen LogP contribution in [0.25, 0.3) is 0 Å². The van der Waals surface area contributed by atoms with E-state index in [4.69, 9.17) is 5.11 Å². The summed E-state index contributed by atoms with van der Waals surface area (Å²) in [5, 5.41) is 8.75. The first-order valence-electron chi connectivity index (χ1n) is 3.49. The van der Waals surface area contributed by atoms with Crippen LogP contribution < -0.4 is 0 Å². The molecule has 1 N–H and O–H groups in total. The van der Waals surface area contributed by atoms with Gasteiger partial charge in [0.1, 0.15) is 5.69 Å². The summed E-state index contributed by atoms with van der Waals surface area (Å²) in [7, 11) is 0. The van der Waals surface area contributed by atoms with Crippen molar-refractivity contribution in [3.8, 4) is 0 Å². The minimum atomic E-state index is -2.57. The SMILES string of the molecule is Cc1cnc(C(F)F)cc1CO. The molecule has 0 atom stereocenters. The van der Waals surface area contributed by atoms with E-state index in [9.17, 15) is 8.78 Å². The van der Waals surface area contributed by atoms with Crippen molar-refractivity contribution in [2.45, 2.75) is 20.0 Å². The zero-order chi connectivity index (χ0) is 9.14. The van der Waals surface area contributed by atoms with Crippen molar-refractivity contribution >= 4 is 0 Å². The van der Waals surface area contributed by atoms with Crippen molar-refractivity contribution in [3.63, 3.8) is 0 Å². The predicted molar refractivity (Wildman–Crippen MR) is 39.9 cm³/mol. The highest BCUT2D eigenvalue weighted by Crippen LogP contribution is 2.18. The number of alkyl halides is 2. The molecule has 1 aromatic rings. The molecule has 0 aliphatic rings. The highest BCUT2D eigenvalue weighted by molar-refractivity contribution is 5.25. The third-order valence-electron chi connectivity index (χ3n) is 1.63. The van der Waals surface area contributed by atoms with Crippen LogP contribution in [0.2, 0.25) is 0 Å². The van der Waals surface area contributed by atoms with Gasteiger partial charge >= 0.3 is 0 Å². The molecule has 0 fully saturated rings. The Hall–Kier alpha value is -1.03. The zero-order valence-electron chi connectivity index (χ0n) is 6.59. The van der Waals surface area contributed by atoms with Gasteiger partial charge in [-0.3, -0.25) is 4.98 Å². The van der Waals surface area contributed by atoms with Crippen LogP contribution in [0.4, 0.5) is 8.78 Å². The van der Waals surface area contributed by atoms with E-state index < -0.39 is 6.43 Å². The van der Waals surface area contributed by atoms with E-state index in [2.05, 4.69) is 4.98 Å². The first kappa shape index (κ1) is 9.06. The van der Waals surface area contributed by atoms with Gasteiger partial charge in [-0.2, -0.15) is 0 Å². The number of aromatic nitrogens is 1. The quantitative estimate of drug-likeness (QED) is 0.739. The second kappa shape index (κ2) is 3.58. The van der Waals surface area contributed by atoms with Gasteiger partial charge in [0.05, 0.1) is 6.61 Å². The van der Waals surface area contributed by atoms with E-state index in [0.717, 1.165) is 5.56 Å². The van der Waals surface area contributed by atoms with Gasteiger partial charge in [0.15, 0.2) is 0 Å². The fourth-order valence-corrected chi connectivity index (χ4v) is 0.874. The average molecular weight is 173 g/mol. The van der Waals surface area contributed by atoms with Crippen molar-refractivity contribution in [3.05, 3.63) is 29.1 Å². The predicted octanol–water partition coefficient (Wildman–Crippen LogP) is 1.82. The third kappa shape index (κ3) is 1.76. The standard InChI is InChI=1S/C8H9F2NO/c1-5-3-11-7(8(9)10)2-6(5)4-12/h2-3,8,12H,4H2,1H3. The van der Waals surface area contributed by atoms with Crippen molar-refractivity contribution in [1.29, 1.82) is 0 Å². The maximum atomic E-state index is 12.1. The number of hydrogen-bond acceptors (Lipinski definition) is 2. The van der Waals surface area contributed by atoms with Crippen LogP contribution in [0.15, 0.2) is 12.3 Å². The van der Waals surface area contributed by atoms with E-state index in [1.54, 1.807) is 6.92 Å². The van der Waals surface area contributed by atoms with Crippen LogP contribution in [0.5, 0.6) is 0 Å². The van der Waals surface area contributed by atoms with Crippen LogP contribution >= 0.6 is 0 Å². The monoisotopic (exact) mass is 173 g/mol. The molecule has 4 heteroatoms. The summed E-state index contributed by atoms with van der Waals surface area (Å²) in [5.41, 5.74) is 0.937. The van der Waals surface area contributed by atoms with Crippen LogP contribution in [0.3, 0.4) is 0 Å². The molecule has 0 saturated carbocycles. The van der Waals surface area contributed by atoms with Crippen LogP contribution in [-0.4, -0.2) is 10.1 Å². The summed E-state index contributed by atoms with van der Waals surface area (Å²) >= 11 is 0. The number of pyridine rings is 1. The largest absolute Gasteiger partial charge is 0.392 e. The fraction of sp³-hybridized carbons (Fsp3) is 0.375. The Morgan fingerprint density at radius 2 is 2.25 bits per heavy atom. The average Bonchev–Trinajstić information content (AvgIpc) is 2.05. The van der Waals surface area contributed by atoms with Crippen molar-refractivity contribution in [1.82, 2.24) is 4.98 Å². The molecule has 0 amide bonds. The van der Waals surface area contributed by atoms with Crippen molar-refractivity contribution < 1.29 is 13.9 Å². The maximum absolute atomic E-state index is 12.1. The number of hydrogen-bond donors (Lipinski definition) is 1. The molecular formula is C8H9F2NO.